The molecule has 21 heavy (non-hydrogen) atoms. The van der Waals surface area contributed by atoms with E-state index in [4.69, 9.17) is 0 Å². The third kappa shape index (κ3) is 1.92. The fraction of sp³-hybridized carbons (Fsp3) is 0.750. The lowest BCUT2D eigenvalue weighted by molar-refractivity contribution is -0.115. The first-order chi connectivity index (χ1) is 10.1. The summed E-state index contributed by atoms with van der Waals surface area (Å²) >= 11 is 0. The van der Waals surface area contributed by atoms with Crippen LogP contribution in [0.4, 0.5) is 0 Å². The highest BCUT2D eigenvalue weighted by Crippen LogP contribution is 2.64. The standard InChI is InChI=1S/C20H28O/c1-3-20-10-4-5-18(20)17-8-6-14-11-15(21)7-9-16(14)19(17)13(2)12-20/h11,16-19H,2-10,12H2,1H3/t16-,17-,18-,19+,20-/m0/s1. The Kier molecular flexibility index (Phi) is 3.17. The number of rotatable bonds is 1. The molecule has 1 nitrogen and oxygen atoms in total. The average molecular weight is 284 g/mol. The fourth-order valence-electron chi connectivity index (χ4n) is 6.57. The van der Waals surface area contributed by atoms with E-state index in [9.17, 15) is 4.79 Å². The van der Waals surface area contributed by atoms with Crippen LogP contribution in [0.1, 0.15) is 64.7 Å². The first kappa shape index (κ1) is 13.8. The second-order valence-electron chi connectivity index (χ2n) is 8.11. The number of hydrogen-bond acceptors (Lipinski definition) is 1. The van der Waals surface area contributed by atoms with E-state index in [1.807, 2.05) is 6.08 Å². The van der Waals surface area contributed by atoms with Crippen molar-refractivity contribution in [2.24, 2.45) is 29.1 Å². The number of carbonyl (C=O) groups is 1. The van der Waals surface area contributed by atoms with Crippen molar-refractivity contribution in [2.75, 3.05) is 0 Å². The summed E-state index contributed by atoms with van der Waals surface area (Å²) in [6.07, 6.45) is 13.3. The van der Waals surface area contributed by atoms with Crippen molar-refractivity contribution < 1.29 is 4.79 Å². The predicted octanol–water partition coefficient (Wildman–Crippen LogP) is 5.07. The maximum atomic E-state index is 11.7. The van der Waals surface area contributed by atoms with Crippen molar-refractivity contribution in [3.63, 3.8) is 0 Å². The average Bonchev–Trinajstić information content (AvgIpc) is 2.90. The number of allylic oxidation sites excluding steroid dienone is 2. The van der Waals surface area contributed by atoms with Crippen LogP contribution in [0.3, 0.4) is 0 Å². The third-order valence-electron chi connectivity index (χ3n) is 7.43. The molecule has 0 aromatic rings. The first-order valence-corrected chi connectivity index (χ1v) is 9.05. The van der Waals surface area contributed by atoms with E-state index in [1.54, 1.807) is 0 Å². The Balaban J connectivity index is 1.69. The van der Waals surface area contributed by atoms with Crippen molar-refractivity contribution >= 4 is 5.78 Å². The van der Waals surface area contributed by atoms with Gasteiger partial charge in [-0.25, -0.2) is 0 Å². The molecular formula is C20H28O. The van der Waals surface area contributed by atoms with Gasteiger partial charge in [0.25, 0.3) is 0 Å². The van der Waals surface area contributed by atoms with E-state index in [0.29, 0.717) is 23.0 Å². The Bertz CT molecular complexity index is 514. The van der Waals surface area contributed by atoms with E-state index in [2.05, 4.69) is 13.5 Å². The van der Waals surface area contributed by atoms with E-state index in [1.165, 1.54) is 56.1 Å². The quantitative estimate of drug-likeness (QED) is 0.614. The highest BCUT2D eigenvalue weighted by Gasteiger charge is 2.54. The van der Waals surface area contributed by atoms with Crippen molar-refractivity contribution in [3.05, 3.63) is 23.8 Å². The molecule has 4 rings (SSSR count). The molecule has 4 aliphatic carbocycles. The summed E-state index contributed by atoms with van der Waals surface area (Å²) in [4.78, 5) is 11.7. The van der Waals surface area contributed by atoms with E-state index in [-0.39, 0.29) is 0 Å². The van der Waals surface area contributed by atoms with Crippen molar-refractivity contribution in [2.45, 2.75) is 64.7 Å². The number of ketones is 1. The van der Waals surface area contributed by atoms with E-state index >= 15 is 0 Å². The van der Waals surface area contributed by atoms with Crippen LogP contribution in [0.15, 0.2) is 23.8 Å². The maximum absolute atomic E-state index is 11.7. The molecule has 0 N–H and O–H groups in total. The zero-order valence-corrected chi connectivity index (χ0v) is 13.4. The monoisotopic (exact) mass is 284 g/mol. The molecule has 0 aromatic carbocycles. The van der Waals surface area contributed by atoms with Gasteiger partial charge in [0.2, 0.25) is 0 Å². The summed E-state index contributed by atoms with van der Waals surface area (Å²) in [5.41, 5.74) is 3.59. The molecule has 3 fully saturated rings. The first-order valence-electron chi connectivity index (χ1n) is 9.05. The zero-order chi connectivity index (χ0) is 14.6. The van der Waals surface area contributed by atoms with Crippen molar-refractivity contribution in [3.8, 4) is 0 Å². The summed E-state index contributed by atoms with van der Waals surface area (Å²) in [6.45, 7) is 6.95. The minimum atomic E-state index is 0.366. The van der Waals surface area contributed by atoms with Crippen LogP contribution in [-0.2, 0) is 4.79 Å². The van der Waals surface area contributed by atoms with Crippen LogP contribution in [-0.4, -0.2) is 5.78 Å². The molecule has 114 valence electrons. The normalized spacial score (nSPS) is 45.7. The lowest BCUT2D eigenvalue weighted by Crippen LogP contribution is -2.46. The van der Waals surface area contributed by atoms with Crippen LogP contribution >= 0.6 is 0 Å². The summed E-state index contributed by atoms with van der Waals surface area (Å²) in [5, 5.41) is 0. The minimum Gasteiger partial charge on any atom is -0.295 e. The third-order valence-corrected chi connectivity index (χ3v) is 7.43. The Labute approximate surface area is 128 Å². The second-order valence-corrected chi connectivity index (χ2v) is 8.11. The van der Waals surface area contributed by atoms with Crippen LogP contribution < -0.4 is 0 Å². The van der Waals surface area contributed by atoms with Gasteiger partial charge in [-0.15, -0.1) is 0 Å². The lowest BCUT2D eigenvalue weighted by Gasteiger charge is -2.54. The number of carbonyl (C=O) groups excluding carboxylic acids is 1. The van der Waals surface area contributed by atoms with Gasteiger partial charge in [0.15, 0.2) is 5.78 Å². The van der Waals surface area contributed by atoms with Gasteiger partial charge >= 0.3 is 0 Å². The van der Waals surface area contributed by atoms with E-state index in [0.717, 1.165) is 24.7 Å². The summed E-state index contributed by atoms with van der Waals surface area (Å²) in [5.74, 6) is 3.52. The number of fused-ring (bicyclic) bond motifs is 5. The summed E-state index contributed by atoms with van der Waals surface area (Å²) < 4.78 is 0. The molecule has 0 unspecified atom stereocenters. The molecule has 0 saturated heterocycles. The molecule has 0 radical (unpaired) electrons. The predicted molar refractivity (Wildman–Crippen MR) is 85.9 cm³/mol. The summed E-state index contributed by atoms with van der Waals surface area (Å²) in [7, 11) is 0. The largest absolute Gasteiger partial charge is 0.295 e. The Morgan fingerprint density at radius 3 is 2.95 bits per heavy atom. The molecule has 4 aliphatic rings. The van der Waals surface area contributed by atoms with Gasteiger partial charge < -0.3 is 0 Å². The molecule has 3 saturated carbocycles. The minimum absolute atomic E-state index is 0.366. The molecule has 0 spiro atoms. The Hall–Kier alpha value is -0.850. The Morgan fingerprint density at radius 2 is 2.14 bits per heavy atom. The van der Waals surface area contributed by atoms with Gasteiger partial charge in [-0.3, -0.25) is 4.79 Å². The van der Waals surface area contributed by atoms with Gasteiger partial charge in [0.05, 0.1) is 0 Å². The highest BCUT2D eigenvalue weighted by molar-refractivity contribution is 5.91. The van der Waals surface area contributed by atoms with Crippen molar-refractivity contribution in [1.82, 2.24) is 0 Å². The zero-order valence-electron chi connectivity index (χ0n) is 13.4. The molecule has 0 aliphatic heterocycles. The molecule has 0 aromatic heterocycles. The molecule has 5 atom stereocenters. The summed E-state index contributed by atoms with van der Waals surface area (Å²) in [6, 6.07) is 0. The van der Waals surface area contributed by atoms with Crippen LogP contribution in [0.2, 0.25) is 0 Å². The van der Waals surface area contributed by atoms with E-state index < -0.39 is 0 Å². The van der Waals surface area contributed by atoms with Crippen molar-refractivity contribution in [1.29, 1.82) is 0 Å². The fourth-order valence-corrected chi connectivity index (χ4v) is 6.57. The lowest BCUT2D eigenvalue weighted by atomic mass is 9.50. The van der Waals surface area contributed by atoms with Crippen LogP contribution in [0.25, 0.3) is 0 Å². The van der Waals surface area contributed by atoms with Gasteiger partial charge in [-0.05, 0) is 80.1 Å². The Morgan fingerprint density at radius 1 is 1.29 bits per heavy atom. The molecular weight excluding hydrogens is 256 g/mol. The molecule has 1 heteroatoms. The maximum Gasteiger partial charge on any atom is 0.155 e. The van der Waals surface area contributed by atoms with Crippen LogP contribution in [0.5, 0.6) is 0 Å². The smallest absolute Gasteiger partial charge is 0.155 e. The molecule has 0 amide bonds. The van der Waals surface area contributed by atoms with Gasteiger partial charge in [-0.2, -0.15) is 0 Å². The SMILES string of the molecule is C=C1C[C@]2(CC)CCC[C@H]2[C@@H]2CCC3=CC(=O)CC[C@@H]3[C@@H]12. The van der Waals surface area contributed by atoms with Gasteiger partial charge in [0, 0.05) is 6.42 Å². The second kappa shape index (κ2) is 4.83. The highest BCUT2D eigenvalue weighted by atomic mass is 16.1. The molecule has 0 bridgehead atoms. The molecule has 0 heterocycles. The van der Waals surface area contributed by atoms with Crippen LogP contribution in [0, 0.1) is 29.1 Å². The number of hydrogen-bond donors (Lipinski definition) is 0. The van der Waals surface area contributed by atoms with Gasteiger partial charge in [-0.1, -0.05) is 31.1 Å². The van der Waals surface area contributed by atoms with Gasteiger partial charge in [0.1, 0.15) is 0 Å². The topological polar surface area (TPSA) is 17.1 Å².